The zero-order valence-electron chi connectivity index (χ0n) is 8.57. The predicted molar refractivity (Wildman–Crippen MR) is 73.1 cm³/mol. The molecule has 5 heteroatoms. The summed E-state index contributed by atoms with van der Waals surface area (Å²) in [5.41, 5.74) is 7.22. The molecule has 0 amide bonds. The monoisotopic (exact) mass is 314 g/mol. The van der Waals surface area contributed by atoms with Gasteiger partial charge in [-0.2, -0.15) is 0 Å². The van der Waals surface area contributed by atoms with Crippen molar-refractivity contribution >= 4 is 38.6 Å². The Morgan fingerprint density at radius 2 is 2.25 bits per heavy atom. The summed E-state index contributed by atoms with van der Waals surface area (Å²) in [7, 11) is 0. The van der Waals surface area contributed by atoms with Crippen molar-refractivity contribution < 1.29 is 0 Å². The fourth-order valence-corrected chi connectivity index (χ4v) is 4.18. The van der Waals surface area contributed by atoms with Crippen LogP contribution in [-0.4, -0.2) is 11.5 Å². The van der Waals surface area contributed by atoms with Crippen LogP contribution in [0.2, 0.25) is 0 Å². The van der Waals surface area contributed by atoms with Crippen molar-refractivity contribution in [2.45, 2.75) is 18.3 Å². The zero-order chi connectivity index (χ0) is 11.2. The van der Waals surface area contributed by atoms with Gasteiger partial charge in [0, 0.05) is 17.3 Å². The number of hydrogen-bond acceptors (Lipinski definition) is 4. The smallest absolute Gasteiger partial charge is 0.133 e. The molecule has 2 N–H and O–H groups in total. The number of halogens is 1. The van der Waals surface area contributed by atoms with E-state index in [-0.39, 0.29) is 5.41 Å². The molecule has 16 heavy (non-hydrogen) atoms. The van der Waals surface area contributed by atoms with Gasteiger partial charge in [-0.1, -0.05) is 0 Å². The molecule has 0 saturated heterocycles. The molecule has 2 aromatic heterocycles. The number of nitrogens with two attached hydrogens (primary N) is 1. The second-order valence-corrected chi connectivity index (χ2v) is 7.45. The van der Waals surface area contributed by atoms with Crippen molar-refractivity contribution in [3.8, 4) is 9.88 Å². The molecule has 1 aliphatic carbocycles. The van der Waals surface area contributed by atoms with E-state index in [9.17, 15) is 0 Å². The van der Waals surface area contributed by atoms with E-state index >= 15 is 0 Å². The van der Waals surface area contributed by atoms with E-state index in [1.54, 1.807) is 22.7 Å². The maximum absolute atomic E-state index is 5.81. The van der Waals surface area contributed by atoms with Crippen LogP contribution in [0.3, 0.4) is 0 Å². The Bertz CT molecular complexity index is 514. The first-order chi connectivity index (χ1) is 7.73. The highest BCUT2D eigenvalue weighted by molar-refractivity contribution is 9.11. The predicted octanol–water partition coefficient (Wildman–Crippen LogP) is 3.62. The summed E-state index contributed by atoms with van der Waals surface area (Å²) in [6, 6.07) is 4.18. The number of rotatable bonds is 3. The Kier molecular flexibility index (Phi) is 2.66. The van der Waals surface area contributed by atoms with Gasteiger partial charge in [0.1, 0.15) is 5.01 Å². The topological polar surface area (TPSA) is 38.9 Å². The lowest BCUT2D eigenvalue weighted by Gasteiger charge is -2.06. The minimum Gasteiger partial charge on any atom is -0.330 e. The molecule has 2 aromatic rings. The highest BCUT2D eigenvalue weighted by Crippen LogP contribution is 2.48. The van der Waals surface area contributed by atoms with E-state index in [2.05, 4.69) is 33.4 Å². The summed E-state index contributed by atoms with van der Waals surface area (Å²) in [5, 5.41) is 3.29. The van der Waals surface area contributed by atoms with Crippen LogP contribution in [-0.2, 0) is 5.41 Å². The molecule has 1 aliphatic rings. The van der Waals surface area contributed by atoms with Gasteiger partial charge in [0.2, 0.25) is 0 Å². The lowest BCUT2D eigenvalue weighted by molar-refractivity contribution is 0.685. The van der Waals surface area contributed by atoms with E-state index in [0.717, 1.165) is 15.3 Å². The third kappa shape index (κ3) is 1.76. The van der Waals surface area contributed by atoms with Gasteiger partial charge >= 0.3 is 0 Å². The van der Waals surface area contributed by atoms with Crippen LogP contribution in [0.15, 0.2) is 21.3 Å². The van der Waals surface area contributed by atoms with E-state index in [1.165, 1.54) is 23.4 Å². The Morgan fingerprint density at radius 3 is 2.81 bits per heavy atom. The van der Waals surface area contributed by atoms with Crippen LogP contribution in [0.25, 0.3) is 9.88 Å². The number of aromatic nitrogens is 1. The fraction of sp³-hybridized carbons (Fsp3) is 0.364. The molecule has 0 radical (unpaired) electrons. The summed E-state index contributed by atoms with van der Waals surface area (Å²) in [5.74, 6) is 0. The number of thiazole rings is 1. The van der Waals surface area contributed by atoms with Gasteiger partial charge in [-0.25, -0.2) is 4.98 Å². The SMILES string of the molecule is NCC1(c2csc(-c3ccc(Br)s3)n2)CC1. The third-order valence-corrected chi connectivity index (χ3v) is 5.71. The first-order valence-electron chi connectivity index (χ1n) is 5.15. The average Bonchev–Trinajstić information content (AvgIpc) is 2.74. The minimum atomic E-state index is 0.212. The maximum atomic E-state index is 5.81. The molecule has 1 saturated carbocycles. The van der Waals surface area contributed by atoms with Crippen LogP contribution in [0, 0.1) is 0 Å². The average molecular weight is 315 g/mol. The quantitative estimate of drug-likeness (QED) is 0.939. The fourth-order valence-electron chi connectivity index (χ4n) is 1.78. The number of nitrogens with zero attached hydrogens (tertiary/aromatic N) is 1. The van der Waals surface area contributed by atoms with Gasteiger partial charge in [-0.15, -0.1) is 22.7 Å². The molecular weight excluding hydrogens is 304 g/mol. The second-order valence-electron chi connectivity index (χ2n) is 4.13. The van der Waals surface area contributed by atoms with E-state index < -0.39 is 0 Å². The molecule has 0 aromatic carbocycles. The molecule has 0 unspecified atom stereocenters. The van der Waals surface area contributed by atoms with Crippen LogP contribution in [0.4, 0.5) is 0 Å². The molecule has 84 valence electrons. The second kappa shape index (κ2) is 3.91. The highest BCUT2D eigenvalue weighted by atomic mass is 79.9. The molecule has 0 aliphatic heterocycles. The van der Waals surface area contributed by atoms with Crippen molar-refractivity contribution in [2.24, 2.45) is 5.73 Å². The lowest BCUT2D eigenvalue weighted by atomic mass is 10.1. The molecule has 1 fully saturated rings. The summed E-state index contributed by atoms with van der Waals surface area (Å²) in [6.45, 7) is 0.726. The molecule has 2 nitrogen and oxygen atoms in total. The summed E-state index contributed by atoms with van der Waals surface area (Å²) < 4.78 is 1.15. The number of hydrogen-bond donors (Lipinski definition) is 1. The summed E-state index contributed by atoms with van der Waals surface area (Å²) in [4.78, 5) is 5.96. The van der Waals surface area contributed by atoms with Crippen molar-refractivity contribution in [3.05, 3.63) is 27.0 Å². The molecular formula is C11H11BrN2S2. The molecule has 0 bridgehead atoms. The standard InChI is InChI=1S/C11H11BrN2S2/c12-9-2-1-7(16-9)10-14-8(5-15-10)11(6-13)3-4-11/h1-2,5H,3-4,6,13H2. The van der Waals surface area contributed by atoms with E-state index in [0.29, 0.717) is 0 Å². The highest BCUT2D eigenvalue weighted by Gasteiger charge is 2.44. The molecule has 0 spiro atoms. The van der Waals surface area contributed by atoms with Gasteiger partial charge in [-0.3, -0.25) is 0 Å². The van der Waals surface area contributed by atoms with Crippen molar-refractivity contribution in [1.29, 1.82) is 0 Å². The molecule has 2 heterocycles. The Morgan fingerprint density at radius 1 is 1.44 bits per heavy atom. The normalized spacial score (nSPS) is 17.6. The summed E-state index contributed by atoms with van der Waals surface area (Å²) >= 11 is 6.92. The Balaban J connectivity index is 1.94. The van der Waals surface area contributed by atoms with Crippen LogP contribution >= 0.6 is 38.6 Å². The lowest BCUT2D eigenvalue weighted by Crippen LogP contribution is -2.19. The number of thiophene rings is 1. The Hall–Kier alpha value is -0.230. The van der Waals surface area contributed by atoms with Crippen molar-refractivity contribution in [2.75, 3.05) is 6.54 Å². The zero-order valence-corrected chi connectivity index (χ0v) is 11.8. The summed E-state index contributed by atoms with van der Waals surface area (Å²) in [6.07, 6.45) is 2.39. The molecule has 3 rings (SSSR count). The third-order valence-electron chi connectivity index (χ3n) is 3.08. The maximum Gasteiger partial charge on any atom is 0.133 e. The van der Waals surface area contributed by atoms with Gasteiger partial charge in [-0.05, 0) is 40.9 Å². The van der Waals surface area contributed by atoms with Gasteiger partial charge < -0.3 is 5.73 Å². The van der Waals surface area contributed by atoms with E-state index in [4.69, 9.17) is 10.7 Å². The largest absolute Gasteiger partial charge is 0.330 e. The van der Waals surface area contributed by atoms with E-state index in [1.807, 2.05) is 0 Å². The molecule has 0 atom stereocenters. The first kappa shape index (κ1) is 10.9. The van der Waals surface area contributed by atoms with Gasteiger partial charge in [0.05, 0.1) is 14.4 Å². The first-order valence-corrected chi connectivity index (χ1v) is 7.64. The van der Waals surface area contributed by atoms with Crippen LogP contribution in [0.1, 0.15) is 18.5 Å². The van der Waals surface area contributed by atoms with Gasteiger partial charge in [0.15, 0.2) is 0 Å². The van der Waals surface area contributed by atoms with Crippen molar-refractivity contribution in [1.82, 2.24) is 4.98 Å². The van der Waals surface area contributed by atoms with Crippen LogP contribution < -0.4 is 5.73 Å². The Labute approximate surface area is 111 Å². The van der Waals surface area contributed by atoms with Gasteiger partial charge in [0.25, 0.3) is 0 Å². The van der Waals surface area contributed by atoms with Crippen molar-refractivity contribution in [3.63, 3.8) is 0 Å². The minimum absolute atomic E-state index is 0.212. The van der Waals surface area contributed by atoms with Crippen LogP contribution in [0.5, 0.6) is 0 Å².